The Morgan fingerprint density at radius 3 is 3.11 bits per heavy atom. The number of benzene rings is 1. The molecule has 1 aromatic rings. The number of halogens is 1. The van der Waals surface area contributed by atoms with Gasteiger partial charge < -0.3 is 10.1 Å². The van der Waals surface area contributed by atoms with Crippen LogP contribution in [-0.2, 0) is 4.74 Å². The van der Waals surface area contributed by atoms with Crippen molar-refractivity contribution in [2.75, 3.05) is 19.7 Å². The maximum atomic E-state index is 6.07. The smallest absolute Gasteiger partial charge is 0.0865 e. The quantitative estimate of drug-likeness (QED) is 0.820. The van der Waals surface area contributed by atoms with E-state index >= 15 is 0 Å². The van der Waals surface area contributed by atoms with Gasteiger partial charge in [-0.3, -0.25) is 0 Å². The van der Waals surface area contributed by atoms with Gasteiger partial charge in [-0.1, -0.05) is 30.7 Å². The van der Waals surface area contributed by atoms with Crippen molar-refractivity contribution < 1.29 is 4.74 Å². The summed E-state index contributed by atoms with van der Waals surface area (Å²) >= 11 is 6.07. The maximum absolute atomic E-state index is 6.07. The van der Waals surface area contributed by atoms with E-state index in [9.17, 15) is 0 Å². The number of hydrogen-bond acceptors (Lipinski definition) is 2. The Hall–Kier alpha value is -0.570. The lowest BCUT2D eigenvalue weighted by Gasteiger charge is -2.32. The van der Waals surface area contributed by atoms with Crippen LogP contribution in [0.15, 0.2) is 24.3 Å². The number of nitrogens with one attached hydrogen (secondary N) is 1. The molecule has 2 rings (SSSR count). The van der Waals surface area contributed by atoms with Crippen LogP contribution in [-0.4, -0.2) is 19.7 Å². The molecule has 0 aliphatic carbocycles. The second-order valence-corrected chi connectivity index (χ2v) is 5.39. The van der Waals surface area contributed by atoms with Crippen LogP contribution in [0.1, 0.15) is 37.9 Å². The largest absolute Gasteiger partial charge is 0.373 e. The van der Waals surface area contributed by atoms with Gasteiger partial charge in [-0.25, -0.2) is 0 Å². The van der Waals surface area contributed by atoms with E-state index in [1.807, 2.05) is 18.2 Å². The molecule has 0 saturated carbocycles. The molecular weight excluding hydrogens is 246 g/mol. The zero-order valence-corrected chi connectivity index (χ0v) is 11.7. The highest BCUT2D eigenvalue weighted by molar-refractivity contribution is 6.30. The first kappa shape index (κ1) is 13.9. The van der Waals surface area contributed by atoms with Gasteiger partial charge in [0.1, 0.15) is 0 Å². The molecule has 2 atom stereocenters. The molecule has 1 aliphatic heterocycles. The maximum Gasteiger partial charge on any atom is 0.0865 e. The fraction of sp³-hybridized carbons (Fsp3) is 0.600. The molecule has 2 unspecified atom stereocenters. The molecule has 2 nitrogen and oxygen atoms in total. The fourth-order valence-electron chi connectivity index (χ4n) is 2.57. The van der Waals surface area contributed by atoms with E-state index in [0.717, 1.165) is 31.1 Å². The van der Waals surface area contributed by atoms with Gasteiger partial charge in [-0.05, 0) is 43.5 Å². The van der Waals surface area contributed by atoms with E-state index in [4.69, 9.17) is 16.3 Å². The van der Waals surface area contributed by atoms with Crippen LogP contribution in [0.4, 0.5) is 0 Å². The predicted octanol–water partition coefficient (Wildman–Crippen LogP) is 3.81. The minimum absolute atomic E-state index is 0.196. The van der Waals surface area contributed by atoms with Crippen molar-refractivity contribution in [1.82, 2.24) is 5.32 Å². The van der Waals surface area contributed by atoms with E-state index in [0.29, 0.717) is 5.92 Å². The molecule has 1 N–H and O–H groups in total. The van der Waals surface area contributed by atoms with E-state index < -0.39 is 0 Å². The zero-order chi connectivity index (χ0) is 12.8. The lowest BCUT2D eigenvalue weighted by Crippen LogP contribution is -2.32. The van der Waals surface area contributed by atoms with Crippen molar-refractivity contribution in [3.05, 3.63) is 34.9 Å². The minimum atomic E-state index is 0.196. The SMILES string of the molecule is CCCNCC1CCCOC1c1cccc(Cl)c1. The summed E-state index contributed by atoms with van der Waals surface area (Å²) in [6.07, 6.45) is 3.76. The normalized spacial score (nSPS) is 24.1. The fourth-order valence-corrected chi connectivity index (χ4v) is 2.77. The third kappa shape index (κ3) is 3.71. The third-order valence-corrected chi connectivity index (χ3v) is 3.69. The highest BCUT2D eigenvalue weighted by Gasteiger charge is 2.27. The van der Waals surface area contributed by atoms with Gasteiger partial charge in [-0.2, -0.15) is 0 Å². The lowest BCUT2D eigenvalue weighted by molar-refractivity contribution is -0.0277. The number of hydrogen-bond donors (Lipinski definition) is 1. The molecule has 0 bridgehead atoms. The summed E-state index contributed by atoms with van der Waals surface area (Å²) in [5, 5.41) is 4.30. The van der Waals surface area contributed by atoms with Crippen LogP contribution in [0.25, 0.3) is 0 Å². The molecule has 1 heterocycles. The van der Waals surface area contributed by atoms with Crippen LogP contribution < -0.4 is 5.32 Å². The van der Waals surface area contributed by atoms with Crippen LogP contribution in [0.3, 0.4) is 0 Å². The van der Waals surface area contributed by atoms with Crippen LogP contribution in [0.5, 0.6) is 0 Å². The highest BCUT2D eigenvalue weighted by Crippen LogP contribution is 2.34. The van der Waals surface area contributed by atoms with Gasteiger partial charge in [-0.15, -0.1) is 0 Å². The monoisotopic (exact) mass is 267 g/mol. The first-order chi connectivity index (χ1) is 8.81. The van der Waals surface area contributed by atoms with Gasteiger partial charge in [0.05, 0.1) is 6.10 Å². The average Bonchev–Trinajstić information content (AvgIpc) is 2.40. The van der Waals surface area contributed by atoms with Crippen LogP contribution in [0.2, 0.25) is 5.02 Å². The molecule has 0 radical (unpaired) electrons. The van der Waals surface area contributed by atoms with Crippen molar-refractivity contribution >= 4 is 11.6 Å². The summed E-state index contributed by atoms with van der Waals surface area (Å²) in [7, 11) is 0. The number of ether oxygens (including phenoxy) is 1. The summed E-state index contributed by atoms with van der Waals surface area (Å²) in [6.45, 7) is 5.17. The average molecular weight is 268 g/mol. The standard InChI is InChI=1S/C15H22ClNO/c1-2-8-17-11-13-6-4-9-18-15(13)12-5-3-7-14(16)10-12/h3,5,7,10,13,15,17H,2,4,6,8-9,11H2,1H3. The Bertz CT molecular complexity index is 369. The molecule has 1 aromatic carbocycles. The Morgan fingerprint density at radius 2 is 2.33 bits per heavy atom. The molecule has 0 spiro atoms. The molecule has 0 amide bonds. The lowest BCUT2D eigenvalue weighted by atomic mass is 9.89. The summed E-state index contributed by atoms with van der Waals surface area (Å²) in [6, 6.07) is 8.07. The van der Waals surface area contributed by atoms with Gasteiger partial charge in [0.2, 0.25) is 0 Å². The molecule has 3 heteroatoms. The van der Waals surface area contributed by atoms with Crippen LogP contribution in [0, 0.1) is 5.92 Å². The molecule has 0 aromatic heterocycles. The molecular formula is C15H22ClNO. The molecule has 1 aliphatic rings. The first-order valence-electron chi connectivity index (χ1n) is 6.89. The molecule has 18 heavy (non-hydrogen) atoms. The number of rotatable bonds is 5. The highest BCUT2D eigenvalue weighted by atomic mass is 35.5. The zero-order valence-electron chi connectivity index (χ0n) is 11.0. The van der Waals surface area contributed by atoms with Crippen molar-refractivity contribution in [3.8, 4) is 0 Å². The van der Waals surface area contributed by atoms with Gasteiger partial charge in [0.15, 0.2) is 0 Å². The Morgan fingerprint density at radius 1 is 1.44 bits per heavy atom. The van der Waals surface area contributed by atoms with Gasteiger partial charge in [0.25, 0.3) is 0 Å². The summed E-state index contributed by atoms with van der Waals surface area (Å²) in [4.78, 5) is 0. The first-order valence-corrected chi connectivity index (χ1v) is 7.27. The van der Waals surface area contributed by atoms with Crippen molar-refractivity contribution in [3.63, 3.8) is 0 Å². The van der Waals surface area contributed by atoms with E-state index in [1.54, 1.807) is 0 Å². The second-order valence-electron chi connectivity index (χ2n) is 4.95. The summed E-state index contributed by atoms with van der Waals surface area (Å²) in [5.41, 5.74) is 1.21. The topological polar surface area (TPSA) is 21.3 Å². The minimum Gasteiger partial charge on any atom is -0.373 e. The van der Waals surface area contributed by atoms with Gasteiger partial charge >= 0.3 is 0 Å². The Kier molecular flexibility index (Phi) is 5.48. The molecule has 100 valence electrons. The van der Waals surface area contributed by atoms with Crippen molar-refractivity contribution in [2.45, 2.75) is 32.3 Å². The third-order valence-electron chi connectivity index (χ3n) is 3.46. The van der Waals surface area contributed by atoms with Crippen molar-refractivity contribution in [2.24, 2.45) is 5.92 Å². The second kappa shape index (κ2) is 7.13. The Balaban J connectivity index is 2.03. The Labute approximate surface area is 115 Å². The summed E-state index contributed by atoms with van der Waals surface area (Å²) in [5.74, 6) is 0.559. The molecule has 1 saturated heterocycles. The van der Waals surface area contributed by atoms with Crippen LogP contribution >= 0.6 is 11.6 Å². The van der Waals surface area contributed by atoms with Crippen molar-refractivity contribution in [1.29, 1.82) is 0 Å². The van der Waals surface area contributed by atoms with E-state index in [2.05, 4.69) is 18.3 Å². The molecule has 1 fully saturated rings. The predicted molar refractivity (Wildman–Crippen MR) is 76.0 cm³/mol. The van der Waals surface area contributed by atoms with E-state index in [1.165, 1.54) is 18.4 Å². The van der Waals surface area contributed by atoms with E-state index in [-0.39, 0.29) is 6.10 Å². The van der Waals surface area contributed by atoms with Gasteiger partial charge in [0, 0.05) is 24.1 Å². The summed E-state index contributed by atoms with van der Waals surface area (Å²) < 4.78 is 5.96.